The normalized spacial score (nSPS) is 14.5. The molecule has 3 atom stereocenters. The summed E-state index contributed by atoms with van der Waals surface area (Å²) in [4.78, 5) is 25.5. The van der Waals surface area contributed by atoms with Gasteiger partial charge >= 0.3 is 0 Å². The molecular weight excluding hydrogens is 936 g/mol. The predicted molar refractivity (Wildman–Crippen MR) is 320 cm³/mol. The van der Waals surface area contributed by atoms with Crippen molar-refractivity contribution in [3.05, 3.63) is 97.2 Å². The number of hydrogen-bond donors (Lipinski definition) is 2. The molecule has 0 heterocycles. The summed E-state index contributed by atoms with van der Waals surface area (Å²) in [5.41, 5.74) is 0. The predicted octanol–water partition coefficient (Wildman–Crippen LogP) is 18.4. The zero-order chi connectivity index (χ0) is 54.2. The average Bonchev–Trinajstić information content (AvgIpc) is 3.36. The van der Waals surface area contributed by atoms with Gasteiger partial charge in [-0.1, -0.05) is 265 Å². The van der Waals surface area contributed by atoms with E-state index in [9.17, 15) is 19.4 Å². The average molecular weight is 1050 g/mol. The maximum atomic E-state index is 13.0. The lowest BCUT2D eigenvalue weighted by Crippen LogP contribution is -2.45. The van der Waals surface area contributed by atoms with Gasteiger partial charge in [0.15, 0.2) is 0 Å². The summed E-state index contributed by atoms with van der Waals surface area (Å²) in [6, 6.07) is -0.926. The fraction of sp³-hybridized carbons (Fsp3) is 0.738. The molecular formula is C65H117N2O6P. The number of quaternary nitrogens is 1. The molecule has 0 rings (SSSR count). The molecule has 8 nitrogen and oxygen atoms in total. The molecule has 0 aromatic carbocycles. The van der Waals surface area contributed by atoms with Crippen LogP contribution in [0.15, 0.2) is 97.2 Å². The molecule has 0 radical (unpaired) electrons. The van der Waals surface area contributed by atoms with Crippen molar-refractivity contribution in [1.82, 2.24) is 5.32 Å². The van der Waals surface area contributed by atoms with Crippen LogP contribution in [0, 0.1) is 0 Å². The minimum atomic E-state index is -4.62. The zero-order valence-corrected chi connectivity index (χ0v) is 49.7. The molecule has 0 aliphatic carbocycles. The van der Waals surface area contributed by atoms with Gasteiger partial charge in [0.25, 0.3) is 7.82 Å². The van der Waals surface area contributed by atoms with Crippen molar-refractivity contribution in [2.24, 2.45) is 0 Å². The summed E-state index contributed by atoms with van der Waals surface area (Å²) in [6.07, 6.45) is 79.3. The molecule has 2 N–H and O–H groups in total. The molecule has 0 saturated carbocycles. The molecule has 0 saturated heterocycles. The molecule has 0 aliphatic heterocycles. The number of hydrogen-bond acceptors (Lipinski definition) is 6. The number of aliphatic hydroxyl groups excluding tert-OH is 1. The van der Waals surface area contributed by atoms with Crippen LogP contribution >= 0.6 is 7.82 Å². The van der Waals surface area contributed by atoms with Crippen LogP contribution < -0.4 is 10.2 Å². The number of phosphoric ester groups is 1. The first-order valence-electron chi connectivity index (χ1n) is 30.6. The highest BCUT2D eigenvalue weighted by Gasteiger charge is 2.23. The number of nitrogens with zero attached hydrogens (tertiary/aromatic N) is 1. The van der Waals surface area contributed by atoms with Crippen LogP contribution in [0.25, 0.3) is 0 Å². The molecule has 0 aliphatic rings. The maximum absolute atomic E-state index is 13.0. The Balaban J connectivity index is 4.27. The van der Waals surface area contributed by atoms with E-state index >= 15 is 0 Å². The number of carbonyl (C=O) groups excluding carboxylic acids is 1. The van der Waals surface area contributed by atoms with E-state index in [4.69, 9.17) is 9.05 Å². The van der Waals surface area contributed by atoms with Crippen molar-refractivity contribution in [3.8, 4) is 0 Å². The summed E-state index contributed by atoms with van der Waals surface area (Å²) in [6.45, 7) is 4.50. The second-order valence-electron chi connectivity index (χ2n) is 21.7. The lowest BCUT2D eigenvalue weighted by Gasteiger charge is -2.29. The number of likely N-dealkylation sites (N-methyl/N-ethyl adjacent to an activating group) is 1. The number of nitrogens with one attached hydrogen (secondary N) is 1. The fourth-order valence-corrected chi connectivity index (χ4v) is 9.25. The third-order valence-electron chi connectivity index (χ3n) is 13.3. The standard InChI is InChI=1S/C65H117N2O6P/c1-6-8-10-12-14-16-18-20-22-24-26-28-30-31-32-33-34-35-37-38-40-42-44-46-48-50-52-54-56-58-64(68)63(62-73-74(70,71)72-61-60-67(3,4)5)66-65(69)59-57-55-53-51-49-47-45-43-41-39-36-29-27-25-23-21-19-17-15-13-11-9-7-2/h9,11,15,17,21,23,27,29,39,41,45,47-48,50,56,58,63-64,68H,6-8,10,12-14,16,18-20,22,24-26,28,30-38,40,42-44,46,49,51-55,57,59-62H2,1-5H3,(H-,66,69,70,71)/b11-9-,17-15-,23-21-,29-27-,41-39-,47-45-,50-48+,58-56+. The van der Waals surface area contributed by atoms with Crippen LogP contribution in [0.3, 0.4) is 0 Å². The minimum Gasteiger partial charge on any atom is -0.756 e. The van der Waals surface area contributed by atoms with Crippen molar-refractivity contribution < 1.29 is 32.9 Å². The van der Waals surface area contributed by atoms with Gasteiger partial charge in [0.05, 0.1) is 39.9 Å². The van der Waals surface area contributed by atoms with Gasteiger partial charge in [0.2, 0.25) is 5.91 Å². The highest BCUT2D eigenvalue weighted by molar-refractivity contribution is 7.45. The largest absolute Gasteiger partial charge is 0.756 e. The zero-order valence-electron chi connectivity index (χ0n) is 48.8. The number of rotatable bonds is 55. The summed E-state index contributed by atoms with van der Waals surface area (Å²) in [5.74, 6) is -0.233. The van der Waals surface area contributed by atoms with E-state index in [1.54, 1.807) is 6.08 Å². The highest BCUT2D eigenvalue weighted by atomic mass is 31.2. The van der Waals surface area contributed by atoms with Gasteiger partial charge in [0, 0.05) is 6.42 Å². The van der Waals surface area contributed by atoms with Crippen LogP contribution in [0.2, 0.25) is 0 Å². The highest BCUT2D eigenvalue weighted by Crippen LogP contribution is 2.38. The molecule has 0 aromatic heterocycles. The first-order valence-corrected chi connectivity index (χ1v) is 32.1. The van der Waals surface area contributed by atoms with Gasteiger partial charge in [-0.2, -0.15) is 0 Å². The molecule has 0 fully saturated rings. The van der Waals surface area contributed by atoms with Crippen LogP contribution in [0.1, 0.15) is 258 Å². The molecule has 428 valence electrons. The van der Waals surface area contributed by atoms with Gasteiger partial charge in [-0.3, -0.25) is 9.36 Å². The van der Waals surface area contributed by atoms with Crippen LogP contribution in [0.4, 0.5) is 0 Å². The van der Waals surface area contributed by atoms with Gasteiger partial charge in [-0.15, -0.1) is 0 Å². The van der Waals surface area contributed by atoms with E-state index in [0.717, 1.165) is 89.9 Å². The Kier molecular flexibility index (Phi) is 53.3. The minimum absolute atomic E-state index is 0.0168. The van der Waals surface area contributed by atoms with Crippen LogP contribution in [0.5, 0.6) is 0 Å². The number of aliphatic hydroxyl groups is 1. The molecule has 3 unspecified atom stereocenters. The van der Waals surface area contributed by atoms with Crippen molar-refractivity contribution in [2.75, 3.05) is 40.9 Å². The lowest BCUT2D eigenvalue weighted by molar-refractivity contribution is -0.870. The van der Waals surface area contributed by atoms with E-state index in [0.29, 0.717) is 17.4 Å². The van der Waals surface area contributed by atoms with Gasteiger partial charge < -0.3 is 28.8 Å². The van der Waals surface area contributed by atoms with E-state index in [1.807, 2.05) is 27.2 Å². The second-order valence-corrected chi connectivity index (χ2v) is 23.1. The third kappa shape index (κ3) is 57.1. The monoisotopic (exact) mass is 1050 g/mol. The Hall–Kier alpha value is -2.58. The van der Waals surface area contributed by atoms with Crippen LogP contribution in [-0.4, -0.2) is 68.5 Å². The second kappa shape index (κ2) is 55.2. The Bertz CT molecular complexity index is 1520. The van der Waals surface area contributed by atoms with Crippen molar-refractivity contribution in [3.63, 3.8) is 0 Å². The van der Waals surface area contributed by atoms with Gasteiger partial charge in [-0.05, 0) is 83.5 Å². The smallest absolute Gasteiger partial charge is 0.268 e. The first-order chi connectivity index (χ1) is 36.0. The Morgan fingerprint density at radius 1 is 0.486 bits per heavy atom. The summed E-state index contributed by atoms with van der Waals surface area (Å²) in [7, 11) is 1.21. The summed E-state index contributed by atoms with van der Waals surface area (Å²) in [5, 5.41) is 13.9. The molecule has 0 aromatic rings. The molecule has 74 heavy (non-hydrogen) atoms. The Morgan fingerprint density at radius 2 is 0.838 bits per heavy atom. The number of unbranched alkanes of at least 4 members (excludes halogenated alkanes) is 28. The Morgan fingerprint density at radius 3 is 1.26 bits per heavy atom. The number of allylic oxidation sites excluding steroid dienone is 15. The third-order valence-corrected chi connectivity index (χ3v) is 14.2. The van der Waals surface area contributed by atoms with E-state index in [2.05, 4.69) is 104 Å². The number of phosphoric acid groups is 1. The molecule has 9 heteroatoms. The van der Waals surface area contributed by atoms with Gasteiger partial charge in [-0.25, -0.2) is 0 Å². The van der Waals surface area contributed by atoms with E-state index in [-0.39, 0.29) is 12.5 Å². The first kappa shape index (κ1) is 71.4. The molecule has 0 spiro atoms. The van der Waals surface area contributed by atoms with Crippen molar-refractivity contribution in [2.45, 2.75) is 270 Å². The molecule has 0 bridgehead atoms. The van der Waals surface area contributed by atoms with E-state index in [1.165, 1.54) is 148 Å². The summed E-state index contributed by atoms with van der Waals surface area (Å²) < 4.78 is 23.3. The van der Waals surface area contributed by atoms with Gasteiger partial charge in [0.1, 0.15) is 13.2 Å². The lowest BCUT2D eigenvalue weighted by atomic mass is 10.0. The SMILES string of the molecule is CC/C=C\C/C=C\C/C=C\C/C=C\C/C=C\C/C=C\CCCCCCC(=O)NC(COP(=O)([O-])OCC[N+](C)(C)C)C(O)/C=C/CC/C=C/CCCCCCCCCCCCCCCCCCCCCCCCC. The quantitative estimate of drug-likeness (QED) is 0.0272. The fourth-order valence-electron chi connectivity index (χ4n) is 8.53. The van der Waals surface area contributed by atoms with E-state index < -0.39 is 26.6 Å². The number of amides is 1. The maximum Gasteiger partial charge on any atom is 0.268 e. The molecule has 1 amide bonds. The van der Waals surface area contributed by atoms with Crippen molar-refractivity contribution in [1.29, 1.82) is 0 Å². The summed E-state index contributed by atoms with van der Waals surface area (Å²) >= 11 is 0. The topological polar surface area (TPSA) is 108 Å². The Labute approximate surface area is 458 Å². The van der Waals surface area contributed by atoms with Crippen molar-refractivity contribution >= 4 is 13.7 Å². The van der Waals surface area contributed by atoms with Crippen LogP contribution in [-0.2, 0) is 18.4 Å². The number of carbonyl (C=O) groups is 1.